The van der Waals surface area contributed by atoms with Gasteiger partial charge in [-0.15, -0.1) is 0 Å². The van der Waals surface area contributed by atoms with Gasteiger partial charge in [0.15, 0.2) is 0 Å². The molecule has 0 heterocycles. The molecule has 0 bridgehead atoms. The van der Waals surface area contributed by atoms with Gasteiger partial charge in [-0.2, -0.15) is 0 Å². The van der Waals surface area contributed by atoms with Crippen LogP contribution >= 0.6 is 0 Å². The van der Waals surface area contributed by atoms with Crippen LogP contribution in [0, 0.1) is 0 Å². The number of aliphatic hydroxyl groups is 1. The molecule has 0 aromatic carbocycles. The van der Waals surface area contributed by atoms with Crippen LogP contribution in [-0.4, -0.2) is 31.4 Å². The largest absolute Gasteiger partial charge is 0.395 e. The highest BCUT2D eigenvalue weighted by molar-refractivity contribution is 7.90. The summed E-state index contributed by atoms with van der Waals surface area (Å²) in [5.74, 6) is 0. The van der Waals surface area contributed by atoms with E-state index in [2.05, 4.69) is 4.72 Å². The lowest BCUT2D eigenvalue weighted by atomic mass is 10.1. The molecule has 0 aliphatic rings. The molecule has 0 radical (unpaired) electrons. The smallest absolute Gasteiger partial charge is 0.216 e. The summed E-state index contributed by atoms with van der Waals surface area (Å²) in [6.45, 7) is 5.14. The molecular formula is C9H21NO3S. The highest BCUT2D eigenvalue weighted by atomic mass is 32.2. The zero-order valence-corrected chi connectivity index (χ0v) is 9.97. The molecule has 86 valence electrons. The Morgan fingerprint density at radius 1 is 1.36 bits per heavy atom. The molecule has 2 N–H and O–H groups in total. The fourth-order valence-electron chi connectivity index (χ4n) is 1.14. The minimum atomic E-state index is -3.34. The second-order valence-electron chi connectivity index (χ2n) is 3.55. The van der Waals surface area contributed by atoms with Crippen molar-refractivity contribution in [2.24, 2.45) is 0 Å². The Bertz CT molecular complexity index is 238. The molecule has 5 heteroatoms. The molecule has 0 rings (SSSR count). The maximum atomic E-state index is 11.5. The van der Waals surface area contributed by atoms with Crippen LogP contribution in [0.2, 0.25) is 0 Å². The van der Waals surface area contributed by atoms with Gasteiger partial charge in [0.05, 0.1) is 11.9 Å². The number of sulfonamides is 1. The molecular weight excluding hydrogens is 202 g/mol. The van der Waals surface area contributed by atoms with Crippen molar-refractivity contribution in [1.29, 1.82) is 0 Å². The number of aliphatic hydroxyl groups excluding tert-OH is 1. The van der Waals surface area contributed by atoms with Gasteiger partial charge in [-0.05, 0) is 19.8 Å². The third-order valence-electron chi connectivity index (χ3n) is 2.25. The Morgan fingerprint density at radius 3 is 2.29 bits per heavy atom. The SMILES string of the molecule is CCCC(CC)NS(=O)(=O)C(C)CO. The van der Waals surface area contributed by atoms with Crippen molar-refractivity contribution in [3.8, 4) is 0 Å². The van der Waals surface area contributed by atoms with Gasteiger partial charge in [0.25, 0.3) is 0 Å². The Hall–Kier alpha value is -0.130. The summed E-state index contributed by atoms with van der Waals surface area (Å²) < 4.78 is 25.7. The molecule has 14 heavy (non-hydrogen) atoms. The standard InChI is InChI=1S/C9H21NO3S/c1-4-6-9(5-2)10-14(12,13)8(3)7-11/h8-11H,4-7H2,1-3H3. The number of nitrogens with one attached hydrogen (secondary N) is 1. The average molecular weight is 223 g/mol. The molecule has 0 spiro atoms. The second kappa shape index (κ2) is 6.37. The van der Waals surface area contributed by atoms with Crippen LogP contribution in [0.25, 0.3) is 0 Å². The van der Waals surface area contributed by atoms with Gasteiger partial charge >= 0.3 is 0 Å². The van der Waals surface area contributed by atoms with Crippen molar-refractivity contribution < 1.29 is 13.5 Å². The lowest BCUT2D eigenvalue weighted by molar-refractivity contribution is 0.294. The van der Waals surface area contributed by atoms with Crippen molar-refractivity contribution in [2.45, 2.75) is 51.3 Å². The Labute approximate surface area is 86.8 Å². The first kappa shape index (κ1) is 13.9. The molecule has 0 saturated carbocycles. The van der Waals surface area contributed by atoms with Gasteiger partial charge in [-0.3, -0.25) is 0 Å². The number of rotatable bonds is 7. The molecule has 0 aromatic rings. The van der Waals surface area contributed by atoms with Crippen molar-refractivity contribution >= 4 is 10.0 Å². The van der Waals surface area contributed by atoms with Gasteiger partial charge < -0.3 is 5.11 Å². The Balaban J connectivity index is 4.32. The minimum Gasteiger partial charge on any atom is -0.395 e. The molecule has 0 fully saturated rings. The predicted octanol–water partition coefficient (Wildman–Crippen LogP) is 0.865. The maximum Gasteiger partial charge on any atom is 0.216 e. The summed E-state index contributed by atoms with van der Waals surface area (Å²) >= 11 is 0. The summed E-state index contributed by atoms with van der Waals surface area (Å²) in [4.78, 5) is 0. The molecule has 2 unspecified atom stereocenters. The van der Waals surface area contributed by atoms with E-state index >= 15 is 0 Å². The summed E-state index contributed by atoms with van der Waals surface area (Å²) in [5.41, 5.74) is 0. The van der Waals surface area contributed by atoms with Crippen molar-refractivity contribution in [3.63, 3.8) is 0 Å². The summed E-state index contributed by atoms with van der Waals surface area (Å²) in [6.07, 6.45) is 2.58. The van der Waals surface area contributed by atoms with E-state index in [9.17, 15) is 8.42 Å². The Morgan fingerprint density at radius 2 is 1.93 bits per heavy atom. The predicted molar refractivity (Wildman–Crippen MR) is 57.6 cm³/mol. The van der Waals surface area contributed by atoms with E-state index < -0.39 is 15.3 Å². The highest BCUT2D eigenvalue weighted by Gasteiger charge is 2.22. The average Bonchev–Trinajstić information content (AvgIpc) is 2.15. The quantitative estimate of drug-likeness (QED) is 0.673. The Kier molecular flexibility index (Phi) is 6.31. The maximum absolute atomic E-state index is 11.5. The summed E-state index contributed by atoms with van der Waals surface area (Å²) in [6, 6.07) is -0.000926. The molecule has 0 saturated heterocycles. The van der Waals surface area contributed by atoms with Gasteiger partial charge in [0.1, 0.15) is 0 Å². The first-order chi connectivity index (χ1) is 6.47. The van der Waals surface area contributed by atoms with E-state index in [1.807, 2.05) is 13.8 Å². The van der Waals surface area contributed by atoms with Gasteiger partial charge in [-0.25, -0.2) is 13.1 Å². The topological polar surface area (TPSA) is 66.4 Å². The molecule has 4 nitrogen and oxygen atoms in total. The van der Waals surface area contributed by atoms with Crippen molar-refractivity contribution in [3.05, 3.63) is 0 Å². The van der Waals surface area contributed by atoms with Crippen LogP contribution in [0.4, 0.5) is 0 Å². The summed E-state index contributed by atoms with van der Waals surface area (Å²) in [5, 5.41) is 8.04. The number of hydrogen-bond acceptors (Lipinski definition) is 3. The first-order valence-corrected chi connectivity index (χ1v) is 6.64. The fraction of sp³-hybridized carbons (Fsp3) is 1.00. The molecule has 0 amide bonds. The molecule has 0 aromatic heterocycles. The highest BCUT2D eigenvalue weighted by Crippen LogP contribution is 2.06. The third kappa shape index (κ3) is 4.39. The third-order valence-corrected chi connectivity index (χ3v) is 4.12. The zero-order valence-electron chi connectivity index (χ0n) is 9.16. The second-order valence-corrected chi connectivity index (χ2v) is 5.68. The normalized spacial score (nSPS) is 16.6. The van der Waals surface area contributed by atoms with Gasteiger partial charge in [0.2, 0.25) is 10.0 Å². The fourth-order valence-corrected chi connectivity index (χ4v) is 2.32. The molecule has 2 atom stereocenters. The van der Waals surface area contributed by atoms with Crippen LogP contribution in [0.1, 0.15) is 40.0 Å². The van der Waals surface area contributed by atoms with E-state index in [1.165, 1.54) is 6.92 Å². The lowest BCUT2D eigenvalue weighted by Crippen LogP contribution is -2.40. The van der Waals surface area contributed by atoms with Gasteiger partial charge in [-0.1, -0.05) is 20.3 Å². The van der Waals surface area contributed by atoms with Gasteiger partial charge in [0, 0.05) is 6.04 Å². The van der Waals surface area contributed by atoms with Crippen LogP contribution in [0.5, 0.6) is 0 Å². The van der Waals surface area contributed by atoms with Crippen molar-refractivity contribution in [1.82, 2.24) is 4.72 Å². The monoisotopic (exact) mass is 223 g/mol. The van der Waals surface area contributed by atoms with Crippen LogP contribution in [-0.2, 0) is 10.0 Å². The van der Waals surface area contributed by atoms with Crippen molar-refractivity contribution in [2.75, 3.05) is 6.61 Å². The van der Waals surface area contributed by atoms with Crippen LogP contribution < -0.4 is 4.72 Å². The van der Waals surface area contributed by atoms with E-state index in [4.69, 9.17) is 5.11 Å². The van der Waals surface area contributed by atoms with E-state index in [0.29, 0.717) is 0 Å². The van der Waals surface area contributed by atoms with Crippen LogP contribution in [0.3, 0.4) is 0 Å². The van der Waals surface area contributed by atoms with E-state index in [-0.39, 0.29) is 12.6 Å². The van der Waals surface area contributed by atoms with Crippen LogP contribution in [0.15, 0.2) is 0 Å². The first-order valence-electron chi connectivity index (χ1n) is 5.09. The van der Waals surface area contributed by atoms with E-state index in [1.54, 1.807) is 0 Å². The summed E-state index contributed by atoms with van der Waals surface area (Å²) in [7, 11) is -3.34. The minimum absolute atomic E-state index is 0.000926. The molecule has 0 aliphatic carbocycles. The number of hydrogen-bond donors (Lipinski definition) is 2. The van der Waals surface area contributed by atoms with E-state index in [0.717, 1.165) is 19.3 Å². The lowest BCUT2D eigenvalue weighted by Gasteiger charge is -2.18. The molecule has 0 aliphatic heterocycles. The zero-order chi connectivity index (χ0) is 11.2.